The van der Waals surface area contributed by atoms with Crippen LogP contribution in [0, 0.1) is 26.6 Å². The van der Waals surface area contributed by atoms with Gasteiger partial charge in [0.05, 0.1) is 11.4 Å². The minimum Gasteiger partial charge on any atom is -0.379 e. The number of fused-ring (bicyclic) bond motifs is 1. The molecule has 0 aliphatic carbocycles. The van der Waals surface area contributed by atoms with Crippen LogP contribution in [0.4, 0.5) is 15.8 Å². The quantitative estimate of drug-likeness (QED) is 0.874. The molecular formula is C20H23FN2O. The second-order valence-electron chi connectivity index (χ2n) is 6.58. The Kier molecular flexibility index (Phi) is 4.31. The highest BCUT2D eigenvalue weighted by atomic mass is 19.1. The van der Waals surface area contributed by atoms with E-state index in [4.69, 9.17) is 0 Å². The highest BCUT2D eigenvalue weighted by Crippen LogP contribution is 2.35. The zero-order chi connectivity index (χ0) is 17.4. The first-order chi connectivity index (χ1) is 11.4. The highest BCUT2D eigenvalue weighted by Gasteiger charge is 2.28. The number of nitrogens with one attached hydrogen (secondary N) is 1. The second kappa shape index (κ2) is 6.27. The van der Waals surface area contributed by atoms with Gasteiger partial charge in [0, 0.05) is 18.2 Å². The van der Waals surface area contributed by atoms with Gasteiger partial charge in [-0.3, -0.25) is 4.79 Å². The summed E-state index contributed by atoms with van der Waals surface area (Å²) in [6, 6.07) is 9.00. The van der Waals surface area contributed by atoms with Gasteiger partial charge in [-0.15, -0.1) is 0 Å². The van der Waals surface area contributed by atoms with Crippen molar-refractivity contribution in [2.45, 2.75) is 40.2 Å². The molecular weight excluding hydrogens is 303 g/mol. The summed E-state index contributed by atoms with van der Waals surface area (Å²) in [6.07, 6.45) is 0.915. The van der Waals surface area contributed by atoms with Gasteiger partial charge in [-0.25, -0.2) is 4.39 Å². The van der Waals surface area contributed by atoms with E-state index in [1.54, 1.807) is 24.0 Å². The topological polar surface area (TPSA) is 32.3 Å². The largest absolute Gasteiger partial charge is 0.379 e. The van der Waals surface area contributed by atoms with E-state index in [0.29, 0.717) is 17.7 Å². The van der Waals surface area contributed by atoms with Crippen LogP contribution in [0.25, 0.3) is 0 Å². The van der Waals surface area contributed by atoms with E-state index < -0.39 is 0 Å². The van der Waals surface area contributed by atoms with E-state index in [1.807, 2.05) is 13.0 Å². The smallest absolute Gasteiger partial charge is 0.258 e. The Hall–Kier alpha value is -2.36. The number of carbonyl (C=O) groups is 1. The fourth-order valence-corrected chi connectivity index (χ4v) is 3.03. The number of amides is 1. The van der Waals surface area contributed by atoms with Crippen LogP contribution in [-0.2, 0) is 0 Å². The molecule has 0 aromatic heterocycles. The van der Waals surface area contributed by atoms with E-state index in [2.05, 4.69) is 25.2 Å². The molecule has 0 bridgehead atoms. The van der Waals surface area contributed by atoms with Crippen LogP contribution < -0.4 is 10.2 Å². The second-order valence-corrected chi connectivity index (χ2v) is 6.58. The summed E-state index contributed by atoms with van der Waals surface area (Å²) in [5, 5.41) is 3.50. The summed E-state index contributed by atoms with van der Waals surface area (Å²) in [6.45, 7) is 8.48. The fourth-order valence-electron chi connectivity index (χ4n) is 3.03. The van der Waals surface area contributed by atoms with Crippen LogP contribution in [0.3, 0.4) is 0 Å². The minimum atomic E-state index is -0.344. The summed E-state index contributed by atoms with van der Waals surface area (Å²) < 4.78 is 13.9. The zero-order valence-corrected chi connectivity index (χ0v) is 14.6. The van der Waals surface area contributed by atoms with Crippen molar-refractivity contribution in [2.75, 3.05) is 16.8 Å². The van der Waals surface area contributed by atoms with Gasteiger partial charge in [0.15, 0.2) is 0 Å². The molecule has 3 rings (SSSR count). The minimum absolute atomic E-state index is 0.154. The van der Waals surface area contributed by atoms with Crippen LogP contribution in [0.15, 0.2) is 30.3 Å². The third-order valence-corrected chi connectivity index (χ3v) is 4.82. The monoisotopic (exact) mass is 326 g/mol. The molecule has 0 spiro atoms. The zero-order valence-electron chi connectivity index (χ0n) is 14.6. The fraction of sp³-hybridized carbons (Fsp3) is 0.350. The van der Waals surface area contributed by atoms with Gasteiger partial charge in [0.1, 0.15) is 5.82 Å². The van der Waals surface area contributed by atoms with Crippen molar-refractivity contribution in [3.05, 3.63) is 58.4 Å². The molecule has 3 nitrogen and oxygen atoms in total. The first-order valence-electron chi connectivity index (χ1n) is 8.36. The van der Waals surface area contributed by atoms with Crippen LogP contribution >= 0.6 is 0 Å². The Balaban J connectivity index is 2.04. The maximum absolute atomic E-state index is 13.9. The third kappa shape index (κ3) is 2.88. The number of carbonyl (C=O) groups excluding carboxylic acids is 1. The van der Waals surface area contributed by atoms with Crippen molar-refractivity contribution in [3.8, 4) is 0 Å². The molecule has 1 amide bonds. The summed E-state index contributed by atoms with van der Waals surface area (Å²) in [5.74, 6) is -0.498. The molecule has 2 aromatic carbocycles. The molecule has 1 aliphatic rings. The number of nitrogens with zero attached hydrogens (tertiary/aromatic N) is 1. The molecule has 0 radical (unpaired) electrons. The van der Waals surface area contributed by atoms with Gasteiger partial charge in [-0.1, -0.05) is 13.0 Å². The molecule has 0 saturated heterocycles. The van der Waals surface area contributed by atoms with Crippen molar-refractivity contribution < 1.29 is 9.18 Å². The van der Waals surface area contributed by atoms with Crippen LogP contribution in [0.2, 0.25) is 0 Å². The third-order valence-electron chi connectivity index (χ3n) is 4.82. The summed E-state index contributed by atoms with van der Waals surface area (Å²) >= 11 is 0. The number of rotatable bonds is 2. The van der Waals surface area contributed by atoms with Crippen LogP contribution in [0.5, 0.6) is 0 Å². The molecule has 1 unspecified atom stereocenters. The van der Waals surface area contributed by atoms with Crippen molar-refractivity contribution in [3.63, 3.8) is 0 Å². The summed E-state index contributed by atoms with van der Waals surface area (Å²) in [5.41, 5.74) is 5.10. The van der Waals surface area contributed by atoms with Crippen molar-refractivity contribution in [1.82, 2.24) is 0 Å². The lowest BCUT2D eigenvalue weighted by Gasteiger charge is -2.36. The Morgan fingerprint density at radius 2 is 1.88 bits per heavy atom. The van der Waals surface area contributed by atoms with Gasteiger partial charge < -0.3 is 10.2 Å². The number of anilines is 2. The van der Waals surface area contributed by atoms with Gasteiger partial charge in [-0.05, 0) is 68.1 Å². The van der Waals surface area contributed by atoms with Gasteiger partial charge in [0.25, 0.3) is 5.91 Å². The normalized spacial score (nSPS) is 16.5. The molecule has 1 heterocycles. The van der Waals surface area contributed by atoms with Crippen molar-refractivity contribution in [2.24, 2.45) is 0 Å². The van der Waals surface area contributed by atoms with Crippen LogP contribution in [-0.4, -0.2) is 18.5 Å². The number of halogens is 1. The van der Waals surface area contributed by atoms with E-state index in [1.165, 1.54) is 11.6 Å². The standard InChI is InChI=1S/C20H23FN2O/c1-5-16-11-23(19-9-14(4)13(3)8-18(19)22-16)20(24)15-7-6-12(2)17(21)10-15/h6-10,16,22H,5,11H2,1-4H3. The average molecular weight is 326 g/mol. The lowest BCUT2D eigenvalue weighted by Crippen LogP contribution is -2.44. The van der Waals surface area contributed by atoms with E-state index in [9.17, 15) is 9.18 Å². The molecule has 0 fully saturated rings. The van der Waals surface area contributed by atoms with E-state index in [-0.39, 0.29) is 17.8 Å². The highest BCUT2D eigenvalue weighted by molar-refractivity contribution is 6.08. The Bertz CT molecular complexity index is 800. The molecule has 1 N–H and O–H groups in total. The first kappa shape index (κ1) is 16.5. The van der Waals surface area contributed by atoms with Crippen molar-refractivity contribution >= 4 is 17.3 Å². The van der Waals surface area contributed by atoms with Gasteiger partial charge in [0.2, 0.25) is 0 Å². The average Bonchev–Trinajstić information content (AvgIpc) is 2.57. The van der Waals surface area contributed by atoms with E-state index in [0.717, 1.165) is 23.4 Å². The first-order valence-corrected chi connectivity index (χ1v) is 8.36. The van der Waals surface area contributed by atoms with Crippen molar-refractivity contribution in [1.29, 1.82) is 0 Å². The molecule has 24 heavy (non-hydrogen) atoms. The number of hydrogen-bond acceptors (Lipinski definition) is 2. The SMILES string of the molecule is CCC1CN(C(=O)c2ccc(C)c(F)c2)c2cc(C)c(C)cc2N1. The summed E-state index contributed by atoms with van der Waals surface area (Å²) in [7, 11) is 0. The van der Waals surface area contributed by atoms with E-state index >= 15 is 0 Å². The Morgan fingerprint density at radius 1 is 1.17 bits per heavy atom. The number of aryl methyl sites for hydroxylation is 3. The van der Waals surface area contributed by atoms with Gasteiger partial charge in [-0.2, -0.15) is 0 Å². The maximum Gasteiger partial charge on any atom is 0.258 e. The van der Waals surface area contributed by atoms with Gasteiger partial charge >= 0.3 is 0 Å². The molecule has 1 aliphatic heterocycles. The molecule has 1 atom stereocenters. The lowest BCUT2D eigenvalue weighted by atomic mass is 10.0. The summed E-state index contributed by atoms with van der Waals surface area (Å²) in [4.78, 5) is 14.8. The molecule has 4 heteroatoms. The number of hydrogen-bond donors (Lipinski definition) is 1. The Labute approximate surface area is 142 Å². The van der Waals surface area contributed by atoms with Crippen LogP contribution in [0.1, 0.15) is 40.4 Å². The number of benzene rings is 2. The Morgan fingerprint density at radius 3 is 2.54 bits per heavy atom. The molecule has 0 saturated carbocycles. The lowest BCUT2D eigenvalue weighted by molar-refractivity contribution is 0.0984. The molecule has 2 aromatic rings. The molecule has 126 valence electrons. The predicted molar refractivity (Wildman–Crippen MR) is 96.4 cm³/mol. The maximum atomic E-state index is 13.9. The predicted octanol–water partition coefficient (Wildman–Crippen LogP) is 4.60.